The van der Waals surface area contributed by atoms with Gasteiger partial charge in [-0.15, -0.1) is 0 Å². The molecule has 1 aliphatic rings. The fourth-order valence-electron chi connectivity index (χ4n) is 2.93. The smallest absolute Gasteiger partial charge is 0.220 e. The lowest BCUT2D eigenvalue weighted by molar-refractivity contribution is -0.123. The first-order valence-corrected chi connectivity index (χ1v) is 8.29. The minimum absolute atomic E-state index is 0.0730. The summed E-state index contributed by atoms with van der Waals surface area (Å²) in [6, 6.07) is 0. The Morgan fingerprint density at radius 2 is 1.90 bits per heavy atom. The van der Waals surface area contributed by atoms with Gasteiger partial charge in [-0.05, 0) is 51.0 Å². The first-order chi connectivity index (χ1) is 9.59. The monoisotopic (exact) mass is 284 g/mol. The van der Waals surface area contributed by atoms with Gasteiger partial charge in [0.25, 0.3) is 0 Å². The first kappa shape index (κ1) is 17.4. The van der Waals surface area contributed by atoms with Crippen LogP contribution >= 0.6 is 0 Å². The normalized spacial score (nSPS) is 26.4. The molecule has 0 aromatic heterocycles. The van der Waals surface area contributed by atoms with Crippen LogP contribution in [0.15, 0.2) is 0 Å². The second-order valence-corrected chi connectivity index (χ2v) is 6.31. The number of nitrogens with two attached hydrogens (primary N) is 1. The van der Waals surface area contributed by atoms with Crippen molar-refractivity contribution in [3.8, 4) is 0 Å². The molecule has 0 atom stereocenters. The van der Waals surface area contributed by atoms with Crippen molar-refractivity contribution in [2.24, 2.45) is 11.7 Å². The Morgan fingerprint density at radius 3 is 2.50 bits per heavy atom. The minimum atomic E-state index is -0.666. The molecule has 4 heteroatoms. The molecule has 4 nitrogen and oxygen atoms in total. The molecule has 20 heavy (non-hydrogen) atoms. The van der Waals surface area contributed by atoms with Gasteiger partial charge in [0.1, 0.15) is 0 Å². The molecule has 1 rings (SSSR count). The van der Waals surface area contributed by atoms with Crippen LogP contribution in [0.25, 0.3) is 0 Å². The van der Waals surface area contributed by atoms with E-state index in [9.17, 15) is 9.90 Å². The highest BCUT2D eigenvalue weighted by molar-refractivity contribution is 5.75. The predicted molar refractivity (Wildman–Crippen MR) is 82.3 cm³/mol. The summed E-state index contributed by atoms with van der Waals surface area (Å²) in [5.74, 6) is 0.831. The third-order valence-electron chi connectivity index (χ3n) is 4.59. The molecular weight excluding hydrogens is 252 g/mol. The number of aliphatic hydroxyl groups is 1. The number of hydrogen-bond acceptors (Lipinski definition) is 3. The molecular formula is C16H32N2O2. The summed E-state index contributed by atoms with van der Waals surface area (Å²) < 4.78 is 0. The zero-order valence-corrected chi connectivity index (χ0v) is 13.0. The van der Waals surface area contributed by atoms with E-state index < -0.39 is 5.60 Å². The van der Waals surface area contributed by atoms with Gasteiger partial charge in [0.15, 0.2) is 0 Å². The molecule has 0 spiro atoms. The van der Waals surface area contributed by atoms with Crippen LogP contribution in [0.2, 0.25) is 0 Å². The Labute approximate surface area is 123 Å². The number of rotatable bonds is 9. The highest BCUT2D eigenvalue weighted by atomic mass is 16.3. The lowest BCUT2D eigenvalue weighted by Crippen LogP contribution is -2.45. The van der Waals surface area contributed by atoms with E-state index in [1.165, 1.54) is 6.42 Å². The van der Waals surface area contributed by atoms with Crippen LogP contribution < -0.4 is 11.1 Å². The molecule has 1 fully saturated rings. The number of amides is 1. The van der Waals surface area contributed by atoms with Gasteiger partial charge in [-0.25, -0.2) is 0 Å². The highest BCUT2D eigenvalue weighted by Crippen LogP contribution is 2.33. The second kappa shape index (κ2) is 9.35. The number of carbonyl (C=O) groups is 1. The van der Waals surface area contributed by atoms with Crippen LogP contribution in [0, 0.1) is 5.92 Å². The van der Waals surface area contributed by atoms with Crippen LogP contribution in [0.5, 0.6) is 0 Å². The van der Waals surface area contributed by atoms with Crippen molar-refractivity contribution in [1.29, 1.82) is 0 Å². The van der Waals surface area contributed by atoms with Crippen LogP contribution in [-0.4, -0.2) is 29.7 Å². The molecule has 1 saturated carbocycles. The molecule has 1 aliphatic carbocycles. The van der Waals surface area contributed by atoms with Gasteiger partial charge in [-0.1, -0.05) is 26.2 Å². The van der Waals surface area contributed by atoms with E-state index >= 15 is 0 Å². The molecule has 0 unspecified atom stereocenters. The summed E-state index contributed by atoms with van der Waals surface area (Å²) in [6.07, 6.45) is 9.71. The van der Waals surface area contributed by atoms with Crippen molar-refractivity contribution in [3.05, 3.63) is 0 Å². The van der Waals surface area contributed by atoms with Crippen molar-refractivity contribution >= 4 is 5.91 Å². The van der Waals surface area contributed by atoms with E-state index in [0.29, 0.717) is 13.0 Å². The van der Waals surface area contributed by atoms with Crippen LogP contribution in [0.1, 0.15) is 71.1 Å². The Morgan fingerprint density at radius 1 is 1.25 bits per heavy atom. The summed E-state index contributed by atoms with van der Waals surface area (Å²) in [6.45, 7) is 3.37. The van der Waals surface area contributed by atoms with E-state index in [4.69, 9.17) is 5.73 Å². The second-order valence-electron chi connectivity index (χ2n) is 6.31. The molecule has 0 aromatic carbocycles. The summed E-state index contributed by atoms with van der Waals surface area (Å²) in [5.41, 5.74) is 4.76. The van der Waals surface area contributed by atoms with E-state index in [2.05, 4.69) is 12.2 Å². The molecule has 0 saturated heterocycles. The van der Waals surface area contributed by atoms with Gasteiger partial charge < -0.3 is 16.2 Å². The quantitative estimate of drug-likeness (QED) is 0.569. The van der Waals surface area contributed by atoms with Crippen molar-refractivity contribution < 1.29 is 9.90 Å². The van der Waals surface area contributed by atoms with E-state index in [0.717, 1.165) is 63.8 Å². The number of hydrogen-bond donors (Lipinski definition) is 3. The highest BCUT2D eigenvalue weighted by Gasteiger charge is 2.32. The Bertz CT molecular complexity index is 274. The number of nitrogens with one attached hydrogen (secondary N) is 1. The SMILES string of the molecule is CCC1CCC(O)(CNC(=O)CCCCCCN)CC1. The van der Waals surface area contributed by atoms with Crippen LogP contribution in [0.4, 0.5) is 0 Å². The zero-order chi connectivity index (χ0) is 14.8. The molecule has 118 valence electrons. The maximum absolute atomic E-state index is 11.7. The maximum atomic E-state index is 11.7. The van der Waals surface area contributed by atoms with Gasteiger partial charge in [-0.2, -0.15) is 0 Å². The maximum Gasteiger partial charge on any atom is 0.220 e. The van der Waals surface area contributed by atoms with E-state index in [1.807, 2.05) is 0 Å². The average Bonchev–Trinajstić information content (AvgIpc) is 2.46. The molecule has 1 amide bonds. The van der Waals surface area contributed by atoms with E-state index in [-0.39, 0.29) is 5.91 Å². The fourth-order valence-corrected chi connectivity index (χ4v) is 2.93. The first-order valence-electron chi connectivity index (χ1n) is 8.29. The molecule has 0 bridgehead atoms. The van der Waals surface area contributed by atoms with Gasteiger partial charge in [0, 0.05) is 13.0 Å². The van der Waals surface area contributed by atoms with Crippen molar-refractivity contribution in [3.63, 3.8) is 0 Å². The van der Waals surface area contributed by atoms with E-state index in [1.54, 1.807) is 0 Å². The van der Waals surface area contributed by atoms with Crippen molar-refractivity contribution in [2.75, 3.05) is 13.1 Å². The van der Waals surface area contributed by atoms with Crippen LogP contribution in [0.3, 0.4) is 0 Å². The van der Waals surface area contributed by atoms with Crippen LogP contribution in [-0.2, 0) is 4.79 Å². The largest absolute Gasteiger partial charge is 0.388 e. The lowest BCUT2D eigenvalue weighted by Gasteiger charge is -2.35. The van der Waals surface area contributed by atoms with Gasteiger partial charge in [-0.3, -0.25) is 4.79 Å². The number of carbonyl (C=O) groups excluding carboxylic acids is 1. The summed E-state index contributed by atoms with van der Waals surface area (Å²) in [7, 11) is 0. The molecule has 0 aliphatic heterocycles. The number of unbranched alkanes of at least 4 members (excludes halogenated alkanes) is 3. The van der Waals surface area contributed by atoms with Crippen molar-refractivity contribution in [2.45, 2.75) is 76.7 Å². The Balaban J connectivity index is 2.11. The summed E-state index contributed by atoms with van der Waals surface area (Å²) >= 11 is 0. The molecule has 0 heterocycles. The third-order valence-corrected chi connectivity index (χ3v) is 4.59. The van der Waals surface area contributed by atoms with Gasteiger partial charge >= 0.3 is 0 Å². The summed E-state index contributed by atoms with van der Waals surface area (Å²) in [5, 5.41) is 13.3. The molecule has 0 aromatic rings. The van der Waals surface area contributed by atoms with Gasteiger partial charge in [0.2, 0.25) is 5.91 Å². The minimum Gasteiger partial charge on any atom is -0.388 e. The van der Waals surface area contributed by atoms with Crippen molar-refractivity contribution in [1.82, 2.24) is 5.32 Å². The standard InChI is InChI=1S/C16H32N2O2/c1-2-14-8-10-16(20,11-9-14)13-18-15(19)7-5-3-4-6-12-17/h14,20H,2-13,17H2,1H3,(H,18,19). The predicted octanol–water partition coefficient (Wildman–Crippen LogP) is 2.34. The van der Waals surface area contributed by atoms with Gasteiger partial charge in [0.05, 0.1) is 5.60 Å². The topological polar surface area (TPSA) is 75.3 Å². The Hall–Kier alpha value is -0.610. The summed E-state index contributed by atoms with van der Waals surface area (Å²) in [4.78, 5) is 11.7. The third kappa shape index (κ3) is 6.71. The zero-order valence-electron chi connectivity index (χ0n) is 13.0. The molecule has 4 N–H and O–H groups in total. The Kier molecular flexibility index (Phi) is 8.15. The molecule has 0 radical (unpaired) electrons. The fraction of sp³-hybridized carbons (Fsp3) is 0.938. The lowest BCUT2D eigenvalue weighted by atomic mass is 9.78. The average molecular weight is 284 g/mol.